The molecule has 2 saturated heterocycles. The Balaban J connectivity index is 0.000000186. The molecule has 0 spiro atoms. The highest BCUT2D eigenvalue weighted by Gasteiger charge is 2.36. The lowest BCUT2D eigenvalue weighted by Gasteiger charge is -2.22. The largest absolute Gasteiger partial charge is 0.388 e. The Labute approximate surface area is 362 Å². The van der Waals surface area contributed by atoms with E-state index in [0.717, 1.165) is 0 Å². The van der Waals surface area contributed by atoms with Gasteiger partial charge in [-0.2, -0.15) is 9.59 Å². The van der Waals surface area contributed by atoms with Gasteiger partial charge in [0.05, 0.1) is 34.1 Å². The standard InChI is InChI=1S/2C21H28N6O3S/c2*1-20(2,3)19-22-17-16(18(23-19)26-11-10-21(4,28)13-26)24-27(25-17)12-14-8-6-7-9-15(14)31(5,29)30/h2*6-9,28H,10-13H2,1-5H3/t2*21-/m10/s1. The fourth-order valence-corrected chi connectivity index (χ4v) is 9.35. The van der Waals surface area contributed by atoms with Gasteiger partial charge in [0.2, 0.25) is 11.3 Å². The minimum absolute atomic E-state index is 0.196. The first-order chi connectivity index (χ1) is 28.7. The van der Waals surface area contributed by atoms with Gasteiger partial charge in [0.1, 0.15) is 11.6 Å². The van der Waals surface area contributed by atoms with Crippen molar-refractivity contribution in [2.45, 2.75) is 113 Å². The van der Waals surface area contributed by atoms with Gasteiger partial charge < -0.3 is 20.0 Å². The highest BCUT2D eigenvalue weighted by atomic mass is 32.2. The number of nitrogens with zero attached hydrogens (tertiary/aromatic N) is 12. The molecule has 2 aliphatic rings. The molecule has 0 bridgehead atoms. The van der Waals surface area contributed by atoms with Crippen molar-refractivity contribution in [2.75, 3.05) is 48.5 Å². The molecule has 0 unspecified atom stereocenters. The average Bonchev–Trinajstić information content (AvgIpc) is 3.94. The van der Waals surface area contributed by atoms with Crippen LogP contribution in [0.25, 0.3) is 22.3 Å². The third kappa shape index (κ3) is 9.87. The highest BCUT2D eigenvalue weighted by Crippen LogP contribution is 2.33. The van der Waals surface area contributed by atoms with E-state index in [9.17, 15) is 27.0 Å². The normalized spacial score (nSPS) is 20.0. The number of hydrogen-bond donors (Lipinski definition) is 2. The summed E-state index contributed by atoms with van der Waals surface area (Å²) >= 11 is 0. The number of hydrogen-bond acceptors (Lipinski definition) is 16. The molecular weight excluding hydrogens is 833 g/mol. The van der Waals surface area contributed by atoms with Crippen LogP contribution in [0.15, 0.2) is 58.3 Å². The van der Waals surface area contributed by atoms with Crippen LogP contribution in [-0.2, 0) is 43.6 Å². The molecule has 6 aromatic rings. The molecule has 0 saturated carbocycles. The van der Waals surface area contributed by atoms with Gasteiger partial charge in [-0.1, -0.05) is 77.9 Å². The summed E-state index contributed by atoms with van der Waals surface area (Å²) in [5.41, 5.74) is 1.06. The molecule has 2 fully saturated rings. The summed E-state index contributed by atoms with van der Waals surface area (Å²) in [7, 11) is -6.75. The number of sulfone groups is 2. The van der Waals surface area contributed by atoms with Gasteiger partial charge in [0.15, 0.2) is 42.3 Å². The maximum Gasteiger partial charge on any atom is 0.207 e. The zero-order chi connectivity index (χ0) is 45.2. The fourth-order valence-electron chi connectivity index (χ4n) is 7.48. The number of β-amino-alcohol motifs (C(OH)–C–C–N with tert-alkyl or cyclic N) is 2. The number of fused-ring (bicyclic) bond motifs is 2. The molecule has 6 heterocycles. The predicted octanol–water partition coefficient (Wildman–Crippen LogP) is 3.86. The van der Waals surface area contributed by atoms with Crippen LogP contribution in [0.4, 0.5) is 11.6 Å². The SMILES string of the molecule is CC(C)(C)c1nc(N2CC[C@@](C)(O)C2)c2nn(Cc3ccccc3S(C)(=O)=O)nc2n1.CC(C)(C)c1nc(N2CC[C@](C)(O)C2)c2nn(Cc3ccccc3S(C)(=O)=O)nc2n1. The minimum atomic E-state index is -3.38. The van der Waals surface area contributed by atoms with Crippen molar-refractivity contribution in [2.24, 2.45) is 0 Å². The van der Waals surface area contributed by atoms with Crippen molar-refractivity contribution in [3.63, 3.8) is 0 Å². The minimum Gasteiger partial charge on any atom is -0.388 e. The maximum absolute atomic E-state index is 12.2. The second-order valence-electron chi connectivity index (χ2n) is 19.1. The van der Waals surface area contributed by atoms with Crippen LogP contribution in [-0.4, -0.2) is 127 Å². The van der Waals surface area contributed by atoms with Crippen molar-refractivity contribution < 1.29 is 27.0 Å². The predicted molar refractivity (Wildman–Crippen MR) is 236 cm³/mol. The summed E-state index contributed by atoms with van der Waals surface area (Å²) in [6.07, 6.45) is 3.66. The molecule has 18 nitrogen and oxygen atoms in total. The smallest absolute Gasteiger partial charge is 0.207 e. The molecule has 332 valence electrons. The lowest BCUT2D eigenvalue weighted by molar-refractivity contribution is 0.0833. The first-order valence-corrected chi connectivity index (χ1v) is 24.2. The summed E-state index contributed by atoms with van der Waals surface area (Å²) in [5, 5.41) is 39.2. The Morgan fingerprint density at radius 3 is 1.24 bits per heavy atom. The van der Waals surface area contributed by atoms with E-state index in [1.54, 1.807) is 48.5 Å². The second-order valence-corrected chi connectivity index (χ2v) is 23.1. The quantitative estimate of drug-likeness (QED) is 0.221. The van der Waals surface area contributed by atoms with Gasteiger partial charge >= 0.3 is 0 Å². The first kappa shape index (κ1) is 44.9. The molecule has 0 aliphatic carbocycles. The van der Waals surface area contributed by atoms with Crippen LogP contribution in [0.2, 0.25) is 0 Å². The van der Waals surface area contributed by atoms with E-state index < -0.39 is 30.9 Å². The van der Waals surface area contributed by atoms with Crippen LogP contribution in [0, 0.1) is 0 Å². The van der Waals surface area contributed by atoms with Crippen molar-refractivity contribution in [1.82, 2.24) is 49.9 Å². The van der Waals surface area contributed by atoms with Gasteiger partial charge in [-0.05, 0) is 49.9 Å². The van der Waals surface area contributed by atoms with Crippen molar-refractivity contribution >= 4 is 53.6 Å². The van der Waals surface area contributed by atoms with Crippen molar-refractivity contribution in [1.29, 1.82) is 0 Å². The molecule has 4 aromatic heterocycles. The Kier molecular flexibility index (Phi) is 11.5. The van der Waals surface area contributed by atoms with Gasteiger partial charge in [0, 0.05) is 49.5 Å². The zero-order valence-electron chi connectivity index (χ0n) is 37.0. The summed E-state index contributed by atoms with van der Waals surface area (Å²) in [6.45, 7) is 18.4. The average molecular weight is 889 g/mol. The Bertz CT molecular complexity index is 2680. The maximum atomic E-state index is 12.2. The van der Waals surface area contributed by atoms with Gasteiger partial charge in [0.25, 0.3) is 0 Å². The van der Waals surface area contributed by atoms with Crippen LogP contribution in [0.3, 0.4) is 0 Å². The van der Waals surface area contributed by atoms with E-state index in [-0.39, 0.29) is 33.7 Å². The van der Waals surface area contributed by atoms with Gasteiger partial charge in [-0.25, -0.2) is 36.8 Å². The lowest BCUT2D eigenvalue weighted by atomic mass is 9.95. The Morgan fingerprint density at radius 2 is 0.935 bits per heavy atom. The van der Waals surface area contributed by atoms with Gasteiger partial charge in [-0.15, -0.1) is 20.4 Å². The third-order valence-electron chi connectivity index (χ3n) is 10.8. The second kappa shape index (κ2) is 15.9. The van der Waals surface area contributed by atoms with Crippen LogP contribution in [0.5, 0.6) is 0 Å². The van der Waals surface area contributed by atoms with E-state index in [1.807, 2.05) is 65.2 Å². The zero-order valence-corrected chi connectivity index (χ0v) is 38.6. The van der Waals surface area contributed by atoms with E-state index in [4.69, 9.17) is 9.97 Å². The molecule has 8 rings (SSSR count). The fraction of sp³-hybridized carbons (Fsp3) is 0.524. The monoisotopic (exact) mass is 888 g/mol. The molecule has 62 heavy (non-hydrogen) atoms. The molecule has 0 amide bonds. The Morgan fingerprint density at radius 1 is 0.581 bits per heavy atom. The highest BCUT2D eigenvalue weighted by molar-refractivity contribution is 7.91. The topological polar surface area (TPSA) is 228 Å². The summed E-state index contributed by atoms with van der Waals surface area (Å²) in [5.74, 6) is 2.58. The number of benzene rings is 2. The number of anilines is 2. The van der Waals surface area contributed by atoms with E-state index in [1.165, 1.54) is 22.1 Å². The number of aromatic nitrogens is 10. The van der Waals surface area contributed by atoms with Gasteiger partial charge in [-0.3, -0.25) is 0 Å². The number of aliphatic hydroxyl groups is 2. The summed E-state index contributed by atoms with van der Waals surface area (Å²) in [4.78, 5) is 26.3. The Hall–Kier alpha value is -5.18. The molecule has 20 heteroatoms. The van der Waals surface area contributed by atoms with E-state index in [0.29, 0.717) is 95.8 Å². The van der Waals surface area contributed by atoms with Crippen molar-refractivity contribution in [3.05, 3.63) is 71.3 Å². The molecule has 2 N–H and O–H groups in total. The third-order valence-corrected chi connectivity index (χ3v) is 13.2. The molecule has 0 radical (unpaired) electrons. The summed E-state index contributed by atoms with van der Waals surface area (Å²) < 4.78 is 48.6. The lowest BCUT2D eigenvalue weighted by Crippen LogP contribution is -2.31. The molecule has 2 aliphatic heterocycles. The van der Waals surface area contributed by atoms with Crippen LogP contribution in [0.1, 0.15) is 91.0 Å². The van der Waals surface area contributed by atoms with Crippen molar-refractivity contribution in [3.8, 4) is 0 Å². The van der Waals surface area contributed by atoms with E-state index >= 15 is 0 Å². The molecule has 2 atom stereocenters. The summed E-state index contributed by atoms with van der Waals surface area (Å²) in [6, 6.07) is 13.7. The number of rotatable bonds is 8. The molecular formula is C42H56N12O6S2. The molecule has 2 aromatic carbocycles. The van der Waals surface area contributed by atoms with Crippen LogP contribution >= 0.6 is 0 Å². The van der Waals surface area contributed by atoms with E-state index in [2.05, 4.69) is 30.4 Å². The first-order valence-electron chi connectivity index (χ1n) is 20.4. The van der Waals surface area contributed by atoms with Crippen LogP contribution < -0.4 is 9.80 Å².